The van der Waals surface area contributed by atoms with E-state index in [2.05, 4.69) is 17.2 Å². The molecule has 150 valence electrons. The van der Waals surface area contributed by atoms with Crippen LogP contribution in [0.5, 0.6) is 0 Å². The first-order valence-corrected chi connectivity index (χ1v) is 11.5. The van der Waals surface area contributed by atoms with Crippen molar-refractivity contribution in [2.75, 3.05) is 13.1 Å². The van der Waals surface area contributed by atoms with E-state index >= 15 is 0 Å². The van der Waals surface area contributed by atoms with E-state index in [1.165, 1.54) is 19.3 Å². The van der Waals surface area contributed by atoms with Gasteiger partial charge in [0.1, 0.15) is 0 Å². The molecule has 2 aliphatic rings. The number of benzene rings is 1. The van der Waals surface area contributed by atoms with Crippen LogP contribution >= 0.6 is 0 Å². The minimum atomic E-state index is -3.40. The summed E-state index contributed by atoms with van der Waals surface area (Å²) in [6.45, 7) is 3.78. The summed E-state index contributed by atoms with van der Waals surface area (Å²) in [6.07, 6.45) is 8.13. The van der Waals surface area contributed by atoms with Gasteiger partial charge >= 0.3 is 0 Å². The van der Waals surface area contributed by atoms with Crippen LogP contribution in [-0.2, 0) is 16.6 Å². The molecule has 1 saturated carbocycles. The van der Waals surface area contributed by atoms with Gasteiger partial charge in [0, 0.05) is 19.1 Å². The van der Waals surface area contributed by atoms with Gasteiger partial charge in [-0.3, -0.25) is 0 Å². The van der Waals surface area contributed by atoms with Gasteiger partial charge in [-0.1, -0.05) is 38.3 Å². The molecule has 0 amide bonds. The molecule has 7 heteroatoms. The maximum atomic E-state index is 12.8. The summed E-state index contributed by atoms with van der Waals surface area (Å²) >= 11 is 0. The van der Waals surface area contributed by atoms with Crippen molar-refractivity contribution in [1.29, 1.82) is 0 Å². The molecule has 1 aromatic carbocycles. The molecular weight excluding hydrogens is 360 g/mol. The molecule has 1 heterocycles. The lowest BCUT2D eigenvalue weighted by Crippen LogP contribution is -2.41. The van der Waals surface area contributed by atoms with E-state index in [0.29, 0.717) is 42.4 Å². The molecule has 6 nitrogen and oxygen atoms in total. The van der Waals surface area contributed by atoms with Crippen LogP contribution in [0.1, 0.15) is 57.4 Å². The standard InChI is InChI=1S/C20H32N4O2S/c1-16-6-5-13-24(15-16)27(25,26)19-11-9-17(10-12-19)14-22-20(21)23-18-7-3-2-4-8-18/h9-12,16,18H,2-8,13-15H2,1H3,(H3,21,22,23). The van der Waals surface area contributed by atoms with Gasteiger partial charge in [0.2, 0.25) is 10.0 Å². The van der Waals surface area contributed by atoms with E-state index < -0.39 is 10.0 Å². The van der Waals surface area contributed by atoms with Gasteiger partial charge in [0.15, 0.2) is 5.96 Å². The highest BCUT2D eigenvalue weighted by Gasteiger charge is 2.28. The average molecular weight is 393 g/mol. The van der Waals surface area contributed by atoms with E-state index in [1.54, 1.807) is 16.4 Å². The maximum Gasteiger partial charge on any atom is 0.243 e. The number of piperidine rings is 1. The first-order valence-electron chi connectivity index (χ1n) is 10.1. The Morgan fingerprint density at radius 2 is 1.85 bits per heavy atom. The Morgan fingerprint density at radius 3 is 2.52 bits per heavy atom. The molecule has 0 bridgehead atoms. The summed E-state index contributed by atoms with van der Waals surface area (Å²) in [4.78, 5) is 4.76. The average Bonchev–Trinajstić information content (AvgIpc) is 2.67. The molecule has 3 N–H and O–H groups in total. The van der Waals surface area contributed by atoms with E-state index in [4.69, 9.17) is 5.73 Å². The first-order chi connectivity index (χ1) is 12.9. The maximum absolute atomic E-state index is 12.8. The number of nitrogens with zero attached hydrogens (tertiary/aromatic N) is 2. The number of guanidine groups is 1. The van der Waals surface area contributed by atoms with Crippen LogP contribution in [0.15, 0.2) is 34.2 Å². The van der Waals surface area contributed by atoms with Crippen molar-refractivity contribution in [3.05, 3.63) is 29.8 Å². The zero-order valence-electron chi connectivity index (χ0n) is 16.2. The van der Waals surface area contributed by atoms with Gasteiger partial charge in [-0.05, 0) is 49.3 Å². The van der Waals surface area contributed by atoms with Crippen molar-refractivity contribution in [2.45, 2.75) is 69.4 Å². The molecule has 27 heavy (non-hydrogen) atoms. The van der Waals surface area contributed by atoms with Crippen molar-refractivity contribution in [1.82, 2.24) is 9.62 Å². The molecule has 3 rings (SSSR count). The fourth-order valence-corrected chi connectivity index (χ4v) is 5.56. The Kier molecular flexibility index (Phi) is 6.76. The van der Waals surface area contributed by atoms with E-state index in [9.17, 15) is 8.42 Å². The van der Waals surface area contributed by atoms with Crippen LogP contribution < -0.4 is 11.1 Å². The second-order valence-electron chi connectivity index (χ2n) is 7.94. The SMILES string of the molecule is CC1CCCN(S(=O)(=O)c2ccc(CN=C(N)NC3CCCCC3)cc2)C1. The Labute approximate surface area is 163 Å². The van der Waals surface area contributed by atoms with E-state index in [0.717, 1.165) is 31.2 Å². The molecular formula is C20H32N4O2S. The van der Waals surface area contributed by atoms with Crippen LogP contribution in [0, 0.1) is 5.92 Å². The molecule has 0 spiro atoms. The number of rotatable bonds is 5. The lowest BCUT2D eigenvalue weighted by Gasteiger charge is -2.30. The normalized spacial score (nSPS) is 23.3. The highest BCUT2D eigenvalue weighted by atomic mass is 32.2. The summed E-state index contributed by atoms with van der Waals surface area (Å²) in [7, 11) is -3.40. The zero-order chi connectivity index (χ0) is 19.3. The molecule has 0 radical (unpaired) electrons. The number of nitrogens with one attached hydrogen (secondary N) is 1. The number of hydrogen-bond acceptors (Lipinski definition) is 3. The third-order valence-corrected chi connectivity index (χ3v) is 7.45. The fourth-order valence-electron chi connectivity index (χ4n) is 3.96. The van der Waals surface area contributed by atoms with E-state index in [-0.39, 0.29) is 0 Å². The Morgan fingerprint density at radius 1 is 1.15 bits per heavy atom. The Balaban J connectivity index is 1.58. The molecule has 1 unspecified atom stereocenters. The molecule has 1 aliphatic heterocycles. The summed E-state index contributed by atoms with van der Waals surface area (Å²) < 4.78 is 27.2. The van der Waals surface area contributed by atoms with Gasteiger partial charge in [0.25, 0.3) is 0 Å². The molecule has 1 atom stereocenters. The second kappa shape index (κ2) is 9.06. The van der Waals surface area contributed by atoms with Crippen molar-refractivity contribution in [3.8, 4) is 0 Å². The fraction of sp³-hybridized carbons (Fsp3) is 0.650. The minimum absolute atomic E-state index is 0.359. The number of aliphatic imine (C=N–C) groups is 1. The van der Waals surface area contributed by atoms with Crippen LogP contribution in [0.4, 0.5) is 0 Å². The van der Waals surface area contributed by atoms with Crippen LogP contribution in [-0.4, -0.2) is 37.8 Å². The van der Waals surface area contributed by atoms with Crippen LogP contribution in [0.25, 0.3) is 0 Å². The molecule has 1 aliphatic carbocycles. The van der Waals surface area contributed by atoms with Crippen LogP contribution in [0.2, 0.25) is 0 Å². The Hall–Kier alpha value is -1.60. The zero-order valence-corrected chi connectivity index (χ0v) is 17.0. The molecule has 1 saturated heterocycles. The smallest absolute Gasteiger partial charge is 0.243 e. The van der Waals surface area contributed by atoms with Crippen molar-refractivity contribution < 1.29 is 8.42 Å². The second-order valence-corrected chi connectivity index (χ2v) is 9.87. The number of sulfonamides is 1. The predicted molar refractivity (Wildman–Crippen MR) is 109 cm³/mol. The molecule has 0 aromatic heterocycles. The summed E-state index contributed by atoms with van der Waals surface area (Å²) in [6, 6.07) is 7.46. The minimum Gasteiger partial charge on any atom is -0.370 e. The highest BCUT2D eigenvalue weighted by Crippen LogP contribution is 2.23. The van der Waals surface area contributed by atoms with Gasteiger partial charge in [-0.25, -0.2) is 13.4 Å². The van der Waals surface area contributed by atoms with Crippen molar-refractivity contribution >= 4 is 16.0 Å². The van der Waals surface area contributed by atoms with Crippen LogP contribution in [0.3, 0.4) is 0 Å². The first kappa shape index (κ1) is 20.1. The van der Waals surface area contributed by atoms with E-state index in [1.807, 2.05) is 12.1 Å². The third-order valence-electron chi connectivity index (χ3n) is 5.57. The lowest BCUT2D eigenvalue weighted by molar-refractivity contribution is 0.281. The number of nitrogens with two attached hydrogens (primary N) is 1. The quantitative estimate of drug-likeness (QED) is 0.596. The highest BCUT2D eigenvalue weighted by molar-refractivity contribution is 7.89. The monoisotopic (exact) mass is 392 g/mol. The van der Waals surface area contributed by atoms with Crippen molar-refractivity contribution in [3.63, 3.8) is 0 Å². The van der Waals surface area contributed by atoms with Gasteiger partial charge in [-0.15, -0.1) is 0 Å². The van der Waals surface area contributed by atoms with Gasteiger partial charge in [0.05, 0.1) is 11.4 Å². The lowest BCUT2D eigenvalue weighted by atomic mass is 9.96. The topological polar surface area (TPSA) is 87.8 Å². The largest absolute Gasteiger partial charge is 0.370 e. The number of hydrogen-bond donors (Lipinski definition) is 2. The predicted octanol–water partition coefficient (Wildman–Crippen LogP) is 2.84. The summed E-state index contributed by atoms with van der Waals surface area (Å²) in [5.74, 6) is 0.891. The third kappa shape index (κ3) is 5.45. The van der Waals surface area contributed by atoms with Gasteiger partial charge < -0.3 is 11.1 Å². The van der Waals surface area contributed by atoms with Gasteiger partial charge in [-0.2, -0.15) is 4.31 Å². The molecule has 2 fully saturated rings. The summed E-state index contributed by atoms with van der Waals surface area (Å²) in [5, 5.41) is 3.30. The Bertz CT molecular complexity index is 740. The van der Waals surface area contributed by atoms with Crippen molar-refractivity contribution in [2.24, 2.45) is 16.6 Å². The summed E-state index contributed by atoms with van der Waals surface area (Å²) in [5.41, 5.74) is 6.95. The molecule has 1 aromatic rings.